The number of amidine groups is 1. The lowest BCUT2D eigenvalue weighted by molar-refractivity contribution is -0.123. The maximum absolute atomic E-state index is 12.0. The van der Waals surface area contributed by atoms with Crippen molar-refractivity contribution in [3.05, 3.63) is 21.9 Å². The number of hydrogen-bond donors (Lipinski definition) is 3. The van der Waals surface area contributed by atoms with Crippen molar-refractivity contribution >= 4 is 23.1 Å². The highest BCUT2D eigenvalue weighted by Crippen LogP contribution is 2.14. The zero-order valence-electron chi connectivity index (χ0n) is 10.6. The van der Waals surface area contributed by atoms with Gasteiger partial charge in [0.05, 0.1) is 5.92 Å². The van der Waals surface area contributed by atoms with Crippen LogP contribution in [-0.4, -0.2) is 17.0 Å². The van der Waals surface area contributed by atoms with Crippen molar-refractivity contribution in [3.63, 3.8) is 0 Å². The van der Waals surface area contributed by atoms with E-state index in [-0.39, 0.29) is 11.7 Å². The Hall–Kier alpha value is -1.56. The molecule has 0 radical (unpaired) electrons. The summed E-state index contributed by atoms with van der Waals surface area (Å²) in [7, 11) is 0. The molecule has 1 unspecified atom stereocenters. The van der Waals surface area contributed by atoms with Crippen LogP contribution in [0, 0.1) is 12.8 Å². The van der Waals surface area contributed by atoms with Gasteiger partial charge in [-0.05, 0) is 35.2 Å². The van der Waals surface area contributed by atoms with Crippen LogP contribution in [0.5, 0.6) is 0 Å². The zero-order chi connectivity index (χ0) is 13.5. The van der Waals surface area contributed by atoms with Gasteiger partial charge in [-0.2, -0.15) is 11.3 Å². The average Bonchev–Trinajstić information content (AvgIpc) is 2.77. The van der Waals surface area contributed by atoms with E-state index in [1.807, 2.05) is 24.6 Å². The minimum absolute atomic E-state index is 0.0311. The highest BCUT2D eigenvalue weighted by Gasteiger charge is 2.22. The number of nitrogens with zero attached hydrogens (tertiary/aromatic N) is 1. The molecule has 6 heteroatoms. The van der Waals surface area contributed by atoms with Crippen LogP contribution in [0.3, 0.4) is 0 Å². The van der Waals surface area contributed by atoms with Crippen LogP contribution >= 0.6 is 11.3 Å². The first-order chi connectivity index (χ1) is 8.60. The van der Waals surface area contributed by atoms with E-state index in [0.717, 1.165) is 17.5 Å². The highest BCUT2D eigenvalue weighted by molar-refractivity contribution is 7.08. The summed E-state index contributed by atoms with van der Waals surface area (Å²) in [4.78, 5) is 12.0. The van der Waals surface area contributed by atoms with Gasteiger partial charge in [0.15, 0.2) is 5.84 Å². The number of carbonyl (C=O) groups is 1. The third kappa shape index (κ3) is 3.73. The molecule has 0 aliphatic carbocycles. The quantitative estimate of drug-likeness (QED) is 0.319. The molecule has 5 nitrogen and oxygen atoms in total. The van der Waals surface area contributed by atoms with Crippen LogP contribution in [0.25, 0.3) is 0 Å². The lowest BCUT2D eigenvalue weighted by Gasteiger charge is -2.14. The van der Waals surface area contributed by atoms with Crippen molar-refractivity contribution in [1.82, 2.24) is 5.32 Å². The molecule has 4 N–H and O–H groups in total. The first-order valence-electron chi connectivity index (χ1n) is 5.86. The maximum Gasteiger partial charge on any atom is 0.231 e. The topological polar surface area (TPSA) is 87.7 Å². The molecule has 0 saturated heterocycles. The van der Waals surface area contributed by atoms with Gasteiger partial charge < -0.3 is 16.3 Å². The van der Waals surface area contributed by atoms with E-state index in [1.165, 1.54) is 0 Å². The Balaban J connectivity index is 2.60. The van der Waals surface area contributed by atoms with Crippen LogP contribution in [0.4, 0.5) is 0 Å². The summed E-state index contributed by atoms with van der Waals surface area (Å²) in [6.07, 6.45) is 1.37. The second-order valence-electron chi connectivity index (χ2n) is 4.16. The Labute approximate surface area is 111 Å². The fraction of sp³-hybridized carbons (Fsp3) is 0.500. The smallest absolute Gasteiger partial charge is 0.231 e. The van der Waals surface area contributed by atoms with E-state index < -0.39 is 5.92 Å². The minimum atomic E-state index is -0.557. The predicted molar refractivity (Wildman–Crippen MR) is 72.7 cm³/mol. The Morgan fingerprint density at radius 1 is 1.61 bits per heavy atom. The Morgan fingerprint density at radius 2 is 2.33 bits per heavy atom. The number of thiophene rings is 1. The molecule has 0 spiro atoms. The molecule has 1 atom stereocenters. The van der Waals surface area contributed by atoms with Gasteiger partial charge in [0, 0.05) is 6.54 Å². The van der Waals surface area contributed by atoms with Crippen LogP contribution in [0.2, 0.25) is 0 Å². The maximum atomic E-state index is 12.0. The van der Waals surface area contributed by atoms with Gasteiger partial charge in [-0.1, -0.05) is 18.5 Å². The molecule has 0 aliphatic heterocycles. The summed E-state index contributed by atoms with van der Waals surface area (Å²) in [5.41, 5.74) is 7.79. The molecule has 0 saturated carbocycles. The Bertz CT molecular complexity index is 429. The summed E-state index contributed by atoms with van der Waals surface area (Å²) < 4.78 is 0. The molecule has 1 heterocycles. The van der Waals surface area contributed by atoms with Gasteiger partial charge in [-0.3, -0.25) is 4.79 Å². The Kier molecular flexibility index (Phi) is 5.64. The van der Waals surface area contributed by atoms with Crippen molar-refractivity contribution < 1.29 is 10.0 Å². The number of nitrogens with two attached hydrogens (primary N) is 1. The van der Waals surface area contributed by atoms with Crippen molar-refractivity contribution in [2.75, 3.05) is 0 Å². The number of amides is 1. The number of hydrogen-bond acceptors (Lipinski definition) is 4. The number of rotatable bonds is 6. The summed E-state index contributed by atoms with van der Waals surface area (Å²) in [6.45, 7) is 4.44. The third-order valence-electron chi connectivity index (χ3n) is 2.78. The van der Waals surface area contributed by atoms with Gasteiger partial charge in [0.1, 0.15) is 0 Å². The number of carbonyl (C=O) groups excluding carboxylic acids is 1. The summed E-state index contributed by atoms with van der Waals surface area (Å²) in [5.74, 6) is -0.784. The van der Waals surface area contributed by atoms with Gasteiger partial charge in [0.25, 0.3) is 0 Å². The van der Waals surface area contributed by atoms with Crippen LogP contribution in [0.15, 0.2) is 15.9 Å². The van der Waals surface area contributed by atoms with E-state index in [9.17, 15) is 4.79 Å². The van der Waals surface area contributed by atoms with Gasteiger partial charge >= 0.3 is 0 Å². The molecule has 0 bridgehead atoms. The highest BCUT2D eigenvalue weighted by atomic mass is 32.1. The lowest BCUT2D eigenvalue weighted by Crippen LogP contribution is -2.38. The summed E-state index contributed by atoms with van der Waals surface area (Å²) in [5, 5.41) is 18.5. The van der Waals surface area contributed by atoms with Gasteiger partial charge in [-0.25, -0.2) is 0 Å². The number of nitrogens with one attached hydrogen (secondary N) is 1. The molecule has 100 valence electrons. The SMILES string of the molecule is CCCC(C(=O)NCc1cscc1C)C(N)=NO. The van der Waals surface area contributed by atoms with E-state index in [2.05, 4.69) is 10.5 Å². The zero-order valence-corrected chi connectivity index (χ0v) is 11.5. The fourth-order valence-corrected chi connectivity index (χ4v) is 2.50. The minimum Gasteiger partial charge on any atom is -0.409 e. The molecule has 1 aromatic heterocycles. The van der Waals surface area contributed by atoms with Crippen molar-refractivity contribution in [2.45, 2.75) is 33.2 Å². The van der Waals surface area contributed by atoms with Crippen LogP contribution in [-0.2, 0) is 11.3 Å². The molecular weight excluding hydrogens is 250 g/mol. The lowest BCUT2D eigenvalue weighted by atomic mass is 10.0. The molecule has 0 aromatic carbocycles. The second kappa shape index (κ2) is 7.00. The summed E-state index contributed by atoms with van der Waals surface area (Å²) in [6, 6.07) is 0. The molecule has 0 aliphatic rings. The standard InChI is InChI=1S/C12H19N3O2S/c1-3-4-10(11(13)15-17)12(16)14-5-9-7-18-6-8(9)2/h6-7,10,17H,3-5H2,1-2H3,(H2,13,15)(H,14,16). The first kappa shape index (κ1) is 14.5. The van der Waals surface area contributed by atoms with Crippen molar-refractivity contribution in [2.24, 2.45) is 16.8 Å². The van der Waals surface area contributed by atoms with Crippen molar-refractivity contribution in [1.29, 1.82) is 0 Å². The molecule has 1 amide bonds. The predicted octanol–water partition coefficient (Wildman–Crippen LogP) is 1.84. The van der Waals surface area contributed by atoms with E-state index >= 15 is 0 Å². The van der Waals surface area contributed by atoms with E-state index in [1.54, 1.807) is 11.3 Å². The Morgan fingerprint density at radius 3 is 2.83 bits per heavy atom. The fourth-order valence-electron chi connectivity index (χ4n) is 1.65. The molecule has 0 fully saturated rings. The van der Waals surface area contributed by atoms with Crippen molar-refractivity contribution in [3.8, 4) is 0 Å². The van der Waals surface area contributed by atoms with Gasteiger partial charge in [0.2, 0.25) is 5.91 Å². The van der Waals surface area contributed by atoms with Crippen LogP contribution in [0.1, 0.15) is 30.9 Å². The molecule has 1 rings (SSSR count). The average molecular weight is 269 g/mol. The largest absolute Gasteiger partial charge is 0.409 e. The molecule has 18 heavy (non-hydrogen) atoms. The normalized spacial score (nSPS) is 13.3. The molecule has 1 aromatic rings. The third-order valence-corrected chi connectivity index (χ3v) is 3.69. The van der Waals surface area contributed by atoms with E-state index in [4.69, 9.17) is 10.9 Å². The summed E-state index contributed by atoms with van der Waals surface area (Å²) >= 11 is 1.61. The van der Waals surface area contributed by atoms with Gasteiger partial charge in [-0.15, -0.1) is 0 Å². The molecular formula is C12H19N3O2S. The second-order valence-corrected chi connectivity index (χ2v) is 4.91. The number of oxime groups is 1. The van der Waals surface area contributed by atoms with E-state index in [0.29, 0.717) is 13.0 Å². The first-order valence-corrected chi connectivity index (χ1v) is 6.81. The number of aryl methyl sites for hydroxylation is 1. The van der Waals surface area contributed by atoms with Crippen LogP contribution < -0.4 is 11.1 Å². The monoisotopic (exact) mass is 269 g/mol.